The summed E-state index contributed by atoms with van der Waals surface area (Å²) in [6.45, 7) is 4.85. The summed E-state index contributed by atoms with van der Waals surface area (Å²) in [5.74, 6) is 2.24. The molecule has 0 spiro atoms. The highest BCUT2D eigenvalue weighted by molar-refractivity contribution is 6.02. The van der Waals surface area contributed by atoms with E-state index >= 15 is 0 Å². The van der Waals surface area contributed by atoms with Crippen molar-refractivity contribution >= 4 is 17.7 Å². The predicted octanol–water partition coefficient (Wildman–Crippen LogP) is 4.15. The van der Waals surface area contributed by atoms with Crippen molar-refractivity contribution in [2.75, 3.05) is 32.8 Å². The van der Waals surface area contributed by atoms with Crippen molar-refractivity contribution in [3.63, 3.8) is 0 Å². The highest BCUT2D eigenvalue weighted by Gasteiger charge is 2.08. The van der Waals surface area contributed by atoms with E-state index in [1.54, 1.807) is 50.6 Å². The van der Waals surface area contributed by atoms with E-state index in [-0.39, 0.29) is 5.91 Å². The van der Waals surface area contributed by atoms with Crippen LogP contribution in [0.2, 0.25) is 0 Å². The third-order valence-electron chi connectivity index (χ3n) is 3.65. The van der Waals surface area contributed by atoms with Crippen LogP contribution < -0.4 is 24.3 Å². The lowest BCUT2D eigenvalue weighted by atomic mass is 10.2. The molecule has 0 aliphatic rings. The summed E-state index contributed by atoms with van der Waals surface area (Å²) >= 11 is 0. The number of hydrogen-bond donors (Lipinski definition) is 1. The molecule has 27 heavy (non-hydrogen) atoms. The predicted molar refractivity (Wildman–Crippen MR) is 106 cm³/mol. The van der Waals surface area contributed by atoms with E-state index in [2.05, 4.69) is 5.32 Å². The smallest absolute Gasteiger partial charge is 0.248 e. The monoisotopic (exact) mass is 371 g/mol. The van der Waals surface area contributed by atoms with Crippen LogP contribution in [0.15, 0.2) is 42.5 Å². The number of rotatable bonds is 9. The molecule has 0 bridgehead atoms. The molecule has 0 aliphatic carbocycles. The summed E-state index contributed by atoms with van der Waals surface area (Å²) in [4.78, 5) is 12.2. The Morgan fingerprint density at radius 2 is 1.56 bits per heavy atom. The molecule has 0 saturated heterocycles. The Balaban J connectivity index is 2.08. The van der Waals surface area contributed by atoms with Crippen molar-refractivity contribution in [2.24, 2.45) is 0 Å². The molecule has 1 N–H and O–H groups in total. The molecular weight excluding hydrogens is 346 g/mol. The number of methoxy groups -OCH3 is 2. The molecule has 0 atom stereocenters. The fourth-order valence-electron chi connectivity index (χ4n) is 2.44. The highest BCUT2D eigenvalue weighted by Crippen LogP contribution is 2.31. The highest BCUT2D eigenvalue weighted by atomic mass is 16.5. The van der Waals surface area contributed by atoms with Gasteiger partial charge < -0.3 is 24.3 Å². The van der Waals surface area contributed by atoms with Crippen LogP contribution in [-0.4, -0.2) is 33.3 Å². The van der Waals surface area contributed by atoms with Gasteiger partial charge in [-0.05, 0) is 49.8 Å². The first-order valence-corrected chi connectivity index (χ1v) is 8.72. The van der Waals surface area contributed by atoms with Gasteiger partial charge in [-0.1, -0.05) is 6.07 Å². The summed E-state index contributed by atoms with van der Waals surface area (Å²) in [5, 5.41) is 2.81. The number of carbonyl (C=O) groups excluding carboxylic acids is 1. The first-order chi connectivity index (χ1) is 13.1. The quantitative estimate of drug-likeness (QED) is 0.671. The van der Waals surface area contributed by atoms with Crippen LogP contribution >= 0.6 is 0 Å². The second-order valence-corrected chi connectivity index (χ2v) is 5.46. The SMILES string of the molecule is CCOc1ccc(NC(=O)/C=C/c2ccc(OC)c(OC)c2)cc1OCC. The molecular formula is C21H25NO5. The molecule has 6 heteroatoms. The largest absolute Gasteiger partial charge is 0.493 e. The van der Waals surface area contributed by atoms with Gasteiger partial charge in [-0.3, -0.25) is 4.79 Å². The zero-order valence-corrected chi connectivity index (χ0v) is 16.1. The molecule has 0 fully saturated rings. The molecule has 6 nitrogen and oxygen atoms in total. The molecule has 2 aromatic carbocycles. The van der Waals surface area contributed by atoms with E-state index in [9.17, 15) is 4.79 Å². The van der Waals surface area contributed by atoms with Crippen LogP contribution in [0.1, 0.15) is 19.4 Å². The molecule has 0 aliphatic heterocycles. The molecule has 1 amide bonds. The van der Waals surface area contributed by atoms with Crippen LogP contribution in [0.3, 0.4) is 0 Å². The number of amides is 1. The van der Waals surface area contributed by atoms with Crippen LogP contribution in [-0.2, 0) is 4.79 Å². The van der Waals surface area contributed by atoms with Crippen molar-refractivity contribution < 1.29 is 23.7 Å². The van der Waals surface area contributed by atoms with Gasteiger partial charge in [0.15, 0.2) is 23.0 Å². The Hall–Kier alpha value is -3.15. The number of nitrogens with one attached hydrogen (secondary N) is 1. The lowest BCUT2D eigenvalue weighted by Crippen LogP contribution is -2.08. The summed E-state index contributed by atoms with van der Waals surface area (Å²) < 4.78 is 21.6. The number of carbonyl (C=O) groups is 1. The topological polar surface area (TPSA) is 66.0 Å². The minimum absolute atomic E-state index is 0.253. The van der Waals surface area contributed by atoms with Gasteiger partial charge in [0.05, 0.1) is 27.4 Å². The van der Waals surface area contributed by atoms with Gasteiger partial charge in [-0.15, -0.1) is 0 Å². The molecule has 144 valence electrons. The Morgan fingerprint density at radius 1 is 0.889 bits per heavy atom. The standard InChI is InChI=1S/C21H25NO5/c1-5-26-18-11-9-16(14-20(18)27-6-2)22-21(23)12-8-15-7-10-17(24-3)19(13-15)25-4/h7-14H,5-6H2,1-4H3,(H,22,23)/b12-8+. The van der Waals surface area contributed by atoms with Crippen molar-refractivity contribution in [3.05, 3.63) is 48.0 Å². The van der Waals surface area contributed by atoms with E-state index in [0.29, 0.717) is 41.9 Å². The van der Waals surface area contributed by atoms with Gasteiger partial charge in [0.25, 0.3) is 0 Å². The number of hydrogen-bond acceptors (Lipinski definition) is 5. The first kappa shape index (κ1) is 20.2. The Labute approximate surface area is 159 Å². The van der Waals surface area contributed by atoms with E-state index in [0.717, 1.165) is 5.56 Å². The summed E-state index contributed by atoms with van der Waals surface area (Å²) in [6, 6.07) is 10.7. The third kappa shape index (κ3) is 5.67. The average molecular weight is 371 g/mol. The van der Waals surface area contributed by atoms with Gasteiger partial charge in [0.2, 0.25) is 5.91 Å². The number of benzene rings is 2. The molecule has 0 unspecified atom stereocenters. The maximum atomic E-state index is 12.2. The Kier molecular flexibility index (Phi) is 7.55. The molecule has 0 heterocycles. The van der Waals surface area contributed by atoms with Crippen molar-refractivity contribution in [1.29, 1.82) is 0 Å². The van der Waals surface area contributed by atoms with Crippen LogP contribution in [0, 0.1) is 0 Å². The second-order valence-electron chi connectivity index (χ2n) is 5.46. The molecule has 0 radical (unpaired) electrons. The van der Waals surface area contributed by atoms with E-state index in [1.165, 1.54) is 6.08 Å². The number of ether oxygens (including phenoxy) is 4. The lowest BCUT2D eigenvalue weighted by Gasteiger charge is -2.12. The van der Waals surface area contributed by atoms with E-state index in [4.69, 9.17) is 18.9 Å². The van der Waals surface area contributed by atoms with E-state index in [1.807, 2.05) is 19.9 Å². The molecule has 0 saturated carbocycles. The normalized spacial score (nSPS) is 10.5. The van der Waals surface area contributed by atoms with Crippen LogP contribution in [0.4, 0.5) is 5.69 Å². The first-order valence-electron chi connectivity index (χ1n) is 8.72. The van der Waals surface area contributed by atoms with Gasteiger partial charge in [-0.2, -0.15) is 0 Å². The maximum Gasteiger partial charge on any atom is 0.248 e. The van der Waals surface area contributed by atoms with Crippen molar-refractivity contribution in [3.8, 4) is 23.0 Å². The van der Waals surface area contributed by atoms with Gasteiger partial charge in [-0.25, -0.2) is 0 Å². The Bertz CT molecular complexity index is 801. The van der Waals surface area contributed by atoms with Crippen molar-refractivity contribution in [2.45, 2.75) is 13.8 Å². The molecule has 2 rings (SSSR count). The summed E-state index contributed by atoms with van der Waals surface area (Å²) in [6.07, 6.45) is 3.16. The minimum atomic E-state index is -0.253. The summed E-state index contributed by atoms with van der Waals surface area (Å²) in [7, 11) is 3.15. The van der Waals surface area contributed by atoms with Gasteiger partial charge in [0.1, 0.15) is 0 Å². The zero-order chi connectivity index (χ0) is 19.6. The number of anilines is 1. The lowest BCUT2D eigenvalue weighted by molar-refractivity contribution is -0.111. The Morgan fingerprint density at radius 3 is 2.22 bits per heavy atom. The van der Waals surface area contributed by atoms with Crippen LogP contribution in [0.25, 0.3) is 6.08 Å². The summed E-state index contributed by atoms with van der Waals surface area (Å²) in [5.41, 5.74) is 1.45. The van der Waals surface area contributed by atoms with Crippen molar-refractivity contribution in [1.82, 2.24) is 0 Å². The zero-order valence-electron chi connectivity index (χ0n) is 16.1. The third-order valence-corrected chi connectivity index (χ3v) is 3.65. The second kappa shape index (κ2) is 10.1. The van der Waals surface area contributed by atoms with E-state index < -0.39 is 0 Å². The molecule has 2 aromatic rings. The van der Waals surface area contributed by atoms with Gasteiger partial charge >= 0.3 is 0 Å². The fourth-order valence-corrected chi connectivity index (χ4v) is 2.44. The van der Waals surface area contributed by atoms with Crippen LogP contribution in [0.5, 0.6) is 23.0 Å². The van der Waals surface area contributed by atoms with Gasteiger partial charge in [0, 0.05) is 17.8 Å². The minimum Gasteiger partial charge on any atom is -0.493 e. The fraction of sp³-hybridized carbons (Fsp3) is 0.286. The average Bonchev–Trinajstić information content (AvgIpc) is 2.68. The molecule has 0 aromatic heterocycles. The maximum absolute atomic E-state index is 12.2.